The summed E-state index contributed by atoms with van der Waals surface area (Å²) in [6.45, 7) is 0.251. The molecule has 7 nitrogen and oxygen atoms in total. The molecule has 0 amide bonds. The summed E-state index contributed by atoms with van der Waals surface area (Å²) in [7, 11) is 0. The van der Waals surface area contributed by atoms with Crippen molar-refractivity contribution in [3.8, 4) is 0 Å². The molecule has 0 aliphatic rings. The van der Waals surface area contributed by atoms with Crippen LogP contribution < -0.4 is 5.73 Å². The highest BCUT2D eigenvalue weighted by Crippen LogP contribution is 2.15. The highest BCUT2D eigenvalue weighted by Gasteiger charge is 2.13. The van der Waals surface area contributed by atoms with Gasteiger partial charge >= 0.3 is 0 Å². The highest BCUT2D eigenvalue weighted by molar-refractivity contribution is 5.71. The van der Waals surface area contributed by atoms with Gasteiger partial charge in [-0.2, -0.15) is 14.4 Å². The van der Waals surface area contributed by atoms with E-state index in [2.05, 4.69) is 15.0 Å². The van der Waals surface area contributed by atoms with Crippen molar-refractivity contribution in [2.45, 2.75) is 13.0 Å². The lowest BCUT2D eigenvalue weighted by atomic mass is 10.1. The molecule has 0 saturated carbocycles. The van der Waals surface area contributed by atoms with Gasteiger partial charge in [0, 0.05) is 25.7 Å². The molecule has 8 heteroatoms. The van der Waals surface area contributed by atoms with Crippen LogP contribution in [0.1, 0.15) is 6.42 Å². The third-order valence-corrected chi connectivity index (χ3v) is 2.73. The Hall–Kier alpha value is -1.80. The Morgan fingerprint density at radius 1 is 1.33 bits per heavy atom. The van der Waals surface area contributed by atoms with Crippen LogP contribution in [0.3, 0.4) is 0 Å². The molecule has 2 rings (SSSR count). The van der Waals surface area contributed by atoms with Crippen LogP contribution in [-0.4, -0.2) is 42.9 Å². The molecule has 0 spiro atoms. The van der Waals surface area contributed by atoms with E-state index >= 15 is 0 Å². The Labute approximate surface area is 102 Å². The first kappa shape index (κ1) is 12.7. The van der Waals surface area contributed by atoms with Crippen molar-refractivity contribution in [3.05, 3.63) is 12.3 Å². The molecule has 0 aliphatic carbocycles. The second kappa shape index (κ2) is 5.23. The SMILES string of the molecule is Nc1nc(F)c2ncn(CCC(CO)CO)c2n1. The number of nitrogens with zero attached hydrogens (tertiary/aromatic N) is 4. The number of anilines is 1. The second-order valence-electron chi connectivity index (χ2n) is 4.00. The molecule has 0 radical (unpaired) electrons. The molecule has 0 unspecified atom stereocenters. The van der Waals surface area contributed by atoms with Crippen molar-refractivity contribution in [1.29, 1.82) is 0 Å². The number of halogens is 1. The van der Waals surface area contributed by atoms with Crippen molar-refractivity contribution in [1.82, 2.24) is 19.5 Å². The molecule has 98 valence electrons. The monoisotopic (exact) mass is 255 g/mol. The second-order valence-corrected chi connectivity index (χ2v) is 4.00. The molecule has 0 bridgehead atoms. The van der Waals surface area contributed by atoms with Crippen molar-refractivity contribution in [3.63, 3.8) is 0 Å². The van der Waals surface area contributed by atoms with Crippen LogP contribution in [-0.2, 0) is 6.54 Å². The zero-order valence-corrected chi connectivity index (χ0v) is 9.62. The van der Waals surface area contributed by atoms with Crippen LogP contribution in [0.2, 0.25) is 0 Å². The average molecular weight is 255 g/mol. The molecule has 0 saturated heterocycles. The van der Waals surface area contributed by atoms with Crippen LogP contribution >= 0.6 is 0 Å². The van der Waals surface area contributed by atoms with Gasteiger partial charge in [-0.25, -0.2) is 4.98 Å². The van der Waals surface area contributed by atoms with Crippen molar-refractivity contribution >= 4 is 17.1 Å². The Morgan fingerprint density at radius 3 is 2.72 bits per heavy atom. The minimum absolute atomic E-state index is 0.0637. The Kier molecular flexibility index (Phi) is 3.68. The number of aliphatic hydroxyl groups is 2. The number of nitrogens with two attached hydrogens (primary N) is 1. The van der Waals surface area contributed by atoms with E-state index in [1.54, 1.807) is 4.57 Å². The van der Waals surface area contributed by atoms with Crippen LogP contribution in [0.4, 0.5) is 10.3 Å². The summed E-state index contributed by atoms with van der Waals surface area (Å²) in [5, 5.41) is 17.9. The standard InChI is InChI=1S/C10H14FN5O2/c11-8-7-9(15-10(12)14-8)16(5-13-7)2-1-6(3-17)4-18/h5-6,17-18H,1-4H2,(H2,12,14,15). The van der Waals surface area contributed by atoms with E-state index in [-0.39, 0.29) is 30.6 Å². The van der Waals surface area contributed by atoms with E-state index in [9.17, 15) is 4.39 Å². The molecule has 4 N–H and O–H groups in total. The van der Waals surface area contributed by atoms with Crippen molar-refractivity contribution in [2.75, 3.05) is 18.9 Å². The van der Waals surface area contributed by atoms with Crippen LogP contribution in [0, 0.1) is 11.9 Å². The summed E-state index contributed by atoms with van der Waals surface area (Å²) in [6.07, 6.45) is 1.97. The number of fused-ring (bicyclic) bond motifs is 1. The number of aryl methyl sites for hydroxylation is 1. The number of aromatic nitrogens is 4. The van der Waals surface area contributed by atoms with Gasteiger partial charge < -0.3 is 20.5 Å². The molecule has 2 aromatic heterocycles. The van der Waals surface area contributed by atoms with Crippen LogP contribution in [0.15, 0.2) is 6.33 Å². The minimum Gasteiger partial charge on any atom is -0.396 e. The first-order valence-corrected chi connectivity index (χ1v) is 5.51. The Balaban J connectivity index is 2.24. The summed E-state index contributed by atoms with van der Waals surface area (Å²) in [5.41, 5.74) is 5.76. The van der Waals surface area contributed by atoms with Gasteiger partial charge in [0.05, 0.1) is 6.33 Å². The number of rotatable bonds is 5. The normalized spacial score (nSPS) is 11.6. The molecule has 2 aromatic rings. The predicted octanol–water partition coefficient (Wildman–Crippen LogP) is -0.461. The van der Waals surface area contributed by atoms with Crippen LogP contribution in [0.25, 0.3) is 11.2 Å². The Bertz CT molecular complexity index is 540. The zero-order chi connectivity index (χ0) is 13.1. The molecular formula is C10H14FN5O2. The summed E-state index contributed by atoms with van der Waals surface area (Å²) in [6, 6.07) is 0. The number of nitrogen functional groups attached to an aromatic ring is 1. The van der Waals surface area contributed by atoms with Gasteiger partial charge in [-0.3, -0.25) is 0 Å². The van der Waals surface area contributed by atoms with Gasteiger partial charge in [-0.15, -0.1) is 0 Å². The fourth-order valence-electron chi connectivity index (χ4n) is 1.65. The molecule has 0 fully saturated rings. The maximum Gasteiger partial charge on any atom is 0.245 e. The first-order valence-electron chi connectivity index (χ1n) is 5.51. The van der Waals surface area contributed by atoms with Crippen molar-refractivity contribution < 1.29 is 14.6 Å². The predicted molar refractivity (Wildman–Crippen MR) is 62.0 cm³/mol. The summed E-state index contributed by atoms with van der Waals surface area (Å²) in [5.74, 6) is -1.12. The van der Waals surface area contributed by atoms with Crippen molar-refractivity contribution in [2.24, 2.45) is 5.92 Å². The number of aliphatic hydroxyl groups excluding tert-OH is 2. The smallest absolute Gasteiger partial charge is 0.245 e. The largest absolute Gasteiger partial charge is 0.396 e. The van der Waals surface area contributed by atoms with Crippen LogP contribution in [0.5, 0.6) is 0 Å². The molecular weight excluding hydrogens is 241 g/mol. The third kappa shape index (κ3) is 2.39. The van der Waals surface area contributed by atoms with E-state index < -0.39 is 5.95 Å². The molecule has 18 heavy (non-hydrogen) atoms. The van der Waals surface area contributed by atoms with E-state index in [0.29, 0.717) is 18.6 Å². The number of imidazole rings is 1. The molecule has 0 aliphatic heterocycles. The van der Waals surface area contributed by atoms with Gasteiger partial charge in [-0.05, 0) is 6.42 Å². The number of hydrogen-bond acceptors (Lipinski definition) is 6. The fraction of sp³-hybridized carbons (Fsp3) is 0.500. The maximum atomic E-state index is 13.4. The molecule has 0 aromatic carbocycles. The van der Waals surface area contributed by atoms with E-state index in [1.807, 2.05) is 0 Å². The van der Waals surface area contributed by atoms with Gasteiger partial charge in [0.15, 0.2) is 11.2 Å². The highest BCUT2D eigenvalue weighted by atomic mass is 19.1. The molecule has 0 atom stereocenters. The average Bonchev–Trinajstić information content (AvgIpc) is 2.74. The zero-order valence-electron chi connectivity index (χ0n) is 9.62. The maximum absolute atomic E-state index is 13.4. The minimum atomic E-state index is -0.753. The van der Waals surface area contributed by atoms with E-state index in [4.69, 9.17) is 15.9 Å². The van der Waals surface area contributed by atoms with Gasteiger partial charge in [0.1, 0.15) is 0 Å². The summed E-state index contributed by atoms with van der Waals surface area (Å²) in [4.78, 5) is 11.2. The topological polar surface area (TPSA) is 110 Å². The third-order valence-electron chi connectivity index (χ3n) is 2.73. The summed E-state index contributed by atoms with van der Waals surface area (Å²) < 4.78 is 15.0. The van der Waals surface area contributed by atoms with E-state index in [0.717, 1.165) is 0 Å². The lowest BCUT2D eigenvalue weighted by molar-refractivity contribution is 0.140. The summed E-state index contributed by atoms with van der Waals surface area (Å²) >= 11 is 0. The molecule has 2 heterocycles. The first-order chi connectivity index (χ1) is 8.65. The quantitative estimate of drug-likeness (QED) is 0.623. The number of hydrogen-bond donors (Lipinski definition) is 3. The van der Waals surface area contributed by atoms with Gasteiger partial charge in [0.2, 0.25) is 11.9 Å². The van der Waals surface area contributed by atoms with Gasteiger partial charge in [-0.1, -0.05) is 0 Å². The lowest BCUT2D eigenvalue weighted by Gasteiger charge is -2.11. The fourth-order valence-corrected chi connectivity index (χ4v) is 1.65. The van der Waals surface area contributed by atoms with E-state index in [1.165, 1.54) is 6.33 Å². The lowest BCUT2D eigenvalue weighted by Crippen LogP contribution is -2.14. The van der Waals surface area contributed by atoms with Gasteiger partial charge in [0.25, 0.3) is 0 Å². The Morgan fingerprint density at radius 2 is 2.06 bits per heavy atom.